The van der Waals surface area contributed by atoms with Gasteiger partial charge in [-0.1, -0.05) is 13.8 Å². The molecule has 0 spiro atoms. The third kappa shape index (κ3) is 3.69. The van der Waals surface area contributed by atoms with Gasteiger partial charge < -0.3 is 10.3 Å². The predicted molar refractivity (Wildman–Crippen MR) is 72.6 cm³/mol. The number of H-pyrrole nitrogens is 1. The lowest BCUT2D eigenvalue weighted by Gasteiger charge is -2.08. The van der Waals surface area contributed by atoms with Crippen molar-refractivity contribution >= 4 is 0 Å². The van der Waals surface area contributed by atoms with Gasteiger partial charge in [-0.15, -0.1) is 0 Å². The minimum atomic E-state index is -0.179. The topological polar surface area (TPSA) is 83.6 Å². The Kier molecular flexibility index (Phi) is 4.01. The highest BCUT2D eigenvalue weighted by atomic mass is 16.1. The molecule has 0 aromatic carbocycles. The lowest BCUT2D eigenvalue weighted by atomic mass is 10.3. The van der Waals surface area contributed by atoms with E-state index in [-0.39, 0.29) is 5.56 Å². The van der Waals surface area contributed by atoms with E-state index in [9.17, 15) is 4.79 Å². The van der Waals surface area contributed by atoms with Crippen LogP contribution in [0.25, 0.3) is 11.5 Å². The minimum absolute atomic E-state index is 0.179. The highest BCUT2D eigenvalue weighted by molar-refractivity contribution is 5.47. The summed E-state index contributed by atoms with van der Waals surface area (Å²) in [4.78, 5) is 27.0. The number of hydrogen-bond donors (Lipinski definition) is 2. The van der Waals surface area contributed by atoms with Crippen LogP contribution in [0.3, 0.4) is 0 Å². The molecular formula is C13H17N5O. The zero-order valence-corrected chi connectivity index (χ0v) is 11.3. The fourth-order valence-electron chi connectivity index (χ4n) is 1.62. The predicted octanol–water partition coefficient (Wildman–Crippen LogP) is 1.03. The number of nitrogens with zero attached hydrogens (tertiary/aromatic N) is 3. The van der Waals surface area contributed by atoms with Crippen molar-refractivity contribution in [2.45, 2.75) is 33.4 Å². The minimum Gasteiger partial charge on any atom is -0.309 e. The van der Waals surface area contributed by atoms with Crippen LogP contribution in [0, 0.1) is 6.92 Å². The summed E-state index contributed by atoms with van der Waals surface area (Å²) in [6.45, 7) is 6.44. The van der Waals surface area contributed by atoms with Crippen LogP contribution < -0.4 is 10.9 Å². The van der Waals surface area contributed by atoms with Gasteiger partial charge in [-0.3, -0.25) is 4.79 Å². The summed E-state index contributed by atoms with van der Waals surface area (Å²) in [6.07, 6.45) is 1.65. The first-order valence-electron chi connectivity index (χ1n) is 6.18. The molecule has 0 saturated heterocycles. The van der Waals surface area contributed by atoms with Gasteiger partial charge in [0.2, 0.25) is 0 Å². The molecule has 19 heavy (non-hydrogen) atoms. The molecule has 2 heterocycles. The average Bonchev–Trinajstić information content (AvgIpc) is 2.36. The van der Waals surface area contributed by atoms with Crippen LogP contribution in [0.4, 0.5) is 0 Å². The fraction of sp³-hybridized carbons (Fsp3) is 0.385. The van der Waals surface area contributed by atoms with E-state index >= 15 is 0 Å². The molecule has 100 valence electrons. The van der Waals surface area contributed by atoms with Crippen LogP contribution in [-0.2, 0) is 6.54 Å². The van der Waals surface area contributed by atoms with Crippen LogP contribution in [0.15, 0.2) is 23.1 Å². The van der Waals surface area contributed by atoms with Gasteiger partial charge in [0.25, 0.3) is 5.56 Å². The molecule has 6 heteroatoms. The Morgan fingerprint density at radius 3 is 2.84 bits per heavy atom. The zero-order valence-electron chi connectivity index (χ0n) is 11.3. The molecule has 0 aliphatic rings. The molecule has 0 aliphatic carbocycles. The van der Waals surface area contributed by atoms with Gasteiger partial charge in [0, 0.05) is 24.8 Å². The van der Waals surface area contributed by atoms with E-state index in [1.165, 1.54) is 6.07 Å². The molecule has 2 aromatic rings. The number of nitrogens with one attached hydrogen (secondary N) is 2. The molecule has 0 fully saturated rings. The summed E-state index contributed by atoms with van der Waals surface area (Å²) >= 11 is 0. The monoisotopic (exact) mass is 259 g/mol. The molecule has 0 unspecified atom stereocenters. The number of aromatic nitrogens is 4. The first-order valence-corrected chi connectivity index (χ1v) is 6.18. The lowest BCUT2D eigenvalue weighted by molar-refractivity contribution is 0.580. The Morgan fingerprint density at radius 1 is 1.37 bits per heavy atom. The summed E-state index contributed by atoms with van der Waals surface area (Å²) in [5, 5.41) is 3.23. The zero-order chi connectivity index (χ0) is 13.8. The van der Waals surface area contributed by atoms with E-state index in [1.54, 1.807) is 19.2 Å². The van der Waals surface area contributed by atoms with E-state index in [4.69, 9.17) is 0 Å². The SMILES string of the molecule is Cc1nccc(-c2nc(CNC(C)C)cc(=O)[nH]2)n1. The maximum atomic E-state index is 11.6. The van der Waals surface area contributed by atoms with Crippen molar-refractivity contribution in [3.63, 3.8) is 0 Å². The smallest absolute Gasteiger partial charge is 0.251 e. The van der Waals surface area contributed by atoms with E-state index in [0.29, 0.717) is 35.6 Å². The van der Waals surface area contributed by atoms with Gasteiger partial charge in [0.1, 0.15) is 11.5 Å². The van der Waals surface area contributed by atoms with Crippen LogP contribution in [0.2, 0.25) is 0 Å². The summed E-state index contributed by atoms with van der Waals surface area (Å²) in [5.41, 5.74) is 1.14. The highest BCUT2D eigenvalue weighted by Crippen LogP contribution is 2.09. The van der Waals surface area contributed by atoms with Crippen molar-refractivity contribution in [2.75, 3.05) is 0 Å². The van der Waals surface area contributed by atoms with Gasteiger partial charge in [-0.05, 0) is 13.0 Å². The van der Waals surface area contributed by atoms with Crippen LogP contribution >= 0.6 is 0 Å². The van der Waals surface area contributed by atoms with Gasteiger partial charge in [-0.2, -0.15) is 0 Å². The second kappa shape index (κ2) is 5.71. The average molecular weight is 259 g/mol. The second-order valence-electron chi connectivity index (χ2n) is 4.61. The summed E-state index contributed by atoms with van der Waals surface area (Å²) < 4.78 is 0. The first kappa shape index (κ1) is 13.4. The summed E-state index contributed by atoms with van der Waals surface area (Å²) in [6, 6.07) is 3.56. The molecule has 2 rings (SSSR count). The van der Waals surface area contributed by atoms with Crippen molar-refractivity contribution in [1.29, 1.82) is 0 Å². The van der Waals surface area contributed by atoms with E-state index in [1.807, 2.05) is 13.8 Å². The summed E-state index contributed by atoms with van der Waals surface area (Å²) in [5.74, 6) is 1.12. The first-order chi connectivity index (χ1) is 9.04. The molecule has 0 atom stereocenters. The highest BCUT2D eigenvalue weighted by Gasteiger charge is 2.06. The molecular weight excluding hydrogens is 242 g/mol. The van der Waals surface area contributed by atoms with E-state index in [2.05, 4.69) is 25.3 Å². The van der Waals surface area contributed by atoms with Crippen molar-refractivity contribution in [2.24, 2.45) is 0 Å². The molecule has 6 nitrogen and oxygen atoms in total. The standard InChI is InChI=1S/C13H17N5O/c1-8(2)15-7-10-6-12(19)18-13(17-10)11-4-5-14-9(3)16-11/h4-6,8,15H,7H2,1-3H3,(H,17,18,19). The van der Waals surface area contributed by atoms with E-state index in [0.717, 1.165) is 0 Å². The molecule has 0 saturated carbocycles. The Morgan fingerprint density at radius 2 is 2.16 bits per heavy atom. The third-order valence-corrected chi connectivity index (χ3v) is 2.50. The van der Waals surface area contributed by atoms with Crippen LogP contribution in [0.5, 0.6) is 0 Å². The number of rotatable bonds is 4. The van der Waals surface area contributed by atoms with Crippen molar-refractivity contribution in [3.05, 3.63) is 40.2 Å². The van der Waals surface area contributed by atoms with Gasteiger partial charge >= 0.3 is 0 Å². The van der Waals surface area contributed by atoms with Crippen LogP contribution in [0.1, 0.15) is 25.4 Å². The Bertz CT molecular complexity index is 620. The molecule has 0 radical (unpaired) electrons. The van der Waals surface area contributed by atoms with Crippen molar-refractivity contribution < 1.29 is 0 Å². The normalized spacial score (nSPS) is 10.9. The Labute approximate surface area is 111 Å². The molecule has 2 aromatic heterocycles. The number of aryl methyl sites for hydroxylation is 1. The van der Waals surface area contributed by atoms with Gasteiger partial charge in [-0.25, -0.2) is 15.0 Å². The molecule has 0 aliphatic heterocycles. The molecule has 0 amide bonds. The maximum absolute atomic E-state index is 11.6. The molecule has 2 N–H and O–H groups in total. The quantitative estimate of drug-likeness (QED) is 0.857. The largest absolute Gasteiger partial charge is 0.309 e. The lowest BCUT2D eigenvalue weighted by Crippen LogP contribution is -2.24. The molecule has 0 bridgehead atoms. The van der Waals surface area contributed by atoms with E-state index < -0.39 is 0 Å². The van der Waals surface area contributed by atoms with Crippen molar-refractivity contribution in [3.8, 4) is 11.5 Å². The number of hydrogen-bond acceptors (Lipinski definition) is 5. The van der Waals surface area contributed by atoms with Crippen LogP contribution in [-0.4, -0.2) is 26.0 Å². The third-order valence-electron chi connectivity index (χ3n) is 2.50. The van der Waals surface area contributed by atoms with Gasteiger partial charge in [0.05, 0.1) is 5.69 Å². The number of aromatic amines is 1. The van der Waals surface area contributed by atoms with Gasteiger partial charge in [0.15, 0.2) is 5.82 Å². The van der Waals surface area contributed by atoms with Crippen molar-refractivity contribution in [1.82, 2.24) is 25.3 Å². The maximum Gasteiger partial charge on any atom is 0.251 e. The summed E-state index contributed by atoms with van der Waals surface area (Å²) in [7, 11) is 0. The second-order valence-corrected chi connectivity index (χ2v) is 4.61. The Balaban J connectivity index is 2.33. The fourth-order valence-corrected chi connectivity index (χ4v) is 1.62. The Hall–Kier alpha value is -2.08.